The zero-order valence-corrected chi connectivity index (χ0v) is 20.2. The molecule has 178 valence electrons. The van der Waals surface area contributed by atoms with E-state index in [1.165, 1.54) is 18.4 Å². The first-order chi connectivity index (χ1) is 15.8. The summed E-state index contributed by atoms with van der Waals surface area (Å²) >= 11 is 0. The molecule has 0 bridgehead atoms. The van der Waals surface area contributed by atoms with Gasteiger partial charge in [-0.3, -0.25) is 9.69 Å². The molecule has 2 saturated heterocycles. The van der Waals surface area contributed by atoms with Crippen molar-refractivity contribution in [3.8, 4) is 11.5 Å². The molecular weight excluding hydrogens is 412 g/mol. The molecule has 6 heteroatoms. The lowest BCUT2D eigenvalue weighted by Gasteiger charge is -2.46. The zero-order chi connectivity index (χ0) is 23.3. The van der Waals surface area contributed by atoms with Crippen molar-refractivity contribution >= 4 is 5.91 Å². The number of piperazine rings is 1. The predicted molar refractivity (Wildman–Crippen MR) is 133 cm³/mol. The molecule has 2 heterocycles. The largest absolute Gasteiger partial charge is 0.457 e. The van der Waals surface area contributed by atoms with Gasteiger partial charge < -0.3 is 20.7 Å². The summed E-state index contributed by atoms with van der Waals surface area (Å²) in [7, 11) is 0. The number of nitrogens with zero attached hydrogens (tertiary/aromatic N) is 1. The van der Waals surface area contributed by atoms with E-state index >= 15 is 0 Å². The number of piperidine rings is 1. The van der Waals surface area contributed by atoms with E-state index < -0.39 is 0 Å². The molecule has 1 spiro atoms. The van der Waals surface area contributed by atoms with Gasteiger partial charge in [-0.1, -0.05) is 32.9 Å². The predicted octanol–water partition coefficient (Wildman–Crippen LogP) is 3.78. The van der Waals surface area contributed by atoms with Gasteiger partial charge in [0.05, 0.1) is 0 Å². The van der Waals surface area contributed by atoms with E-state index in [9.17, 15) is 4.79 Å². The van der Waals surface area contributed by atoms with Crippen molar-refractivity contribution in [1.29, 1.82) is 0 Å². The molecular formula is C27H38N4O2. The average Bonchev–Trinajstić information content (AvgIpc) is 2.79. The van der Waals surface area contributed by atoms with Crippen molar-refractivity contribution in [2.75, 3.05) is 39.3 Å². The van der Waals surface area contributed by atoms with Crippen LogP contribution in [-0.4, -0.2) is 55.6 Å². The summed E-state index contributed by atoms with van der Waals surface area (Å²) in [6, 6.07) is 15.7. The molecule has 6 nitrogen and oxygen atoms in total. The van der Waals surface area contributed by atoms with Crippen molar-refractivity contribution in [3.05, 3.63) is 59.7 Å². The van der Waals surface area contributed by atoms with Crippen molar-refractivity contribution in [2.45, 2.75) is 45.7 Å². The van der Waals surface area contributed by atoms with E-state index in [2.05, 4.69) is 53.8 Å². The molecule has 2 aromatic rings. The third-order valence-electron chi connectivity index (χ3n) is 6.48. The number of rotatable bonds is 6. The minimum atomic E-state index is -0.0555. The van der Waals surface area contributed by atoms with Gasteiger partial charge in [0.2, 0.25) is 0 Å². The average molecular weight is 451 g/mol. The van der Waals surface area contributed by atoms with Gasteiger partial charge in [-0.25, -0.2) is 0 Å². The number of hydrogen-bond donors (Lipinski definition) is 3. The molecule has 2 fully saturated rings. The molecule has 3 N–H and O–H groups in total. The molecule has 0 radical (unpaired) electrons. The fourth-order valence-corrected chi connectivity index (χ4v) is 4.60. The first kappa shape index (κ1) is 23.7. The second-order valence-electron chi connectivity index (χ2n) is 10.7. The second-order valence-corrected chi connectivity index (χ2v) is 10.7. The lowest BCUT2D eigenvalue weighted by Crippen LogP contribution is -2.63. The molecule has 2 aromatic carbocycles. The van der Waals surface area contributed by atoms with Gasteiger partial charge in [-0.15, -0.1) is 0 Å². The summed E-state index contributed by atoms with van der Waals surface area (Å²) in [6.07, 6.45) is 2.40. The quantitative estimate of drug-likeness (QED) is 0.625. The first-order valence-corrected chi connectivity index (χ1v) is 12.1. The van der Waals surface area contributed by atoms with Gasteiger partial charge in [0, 0.05) is 43.8 Å². The summed E-state index contributed by atoms with van der Waals surface area (Å²) in [6.45, 7) is 13.4. The smallest absolute Gasteiger partial charge is 0.251 e. The van der Waals surface area contributed by atoms with Crippen LogP contribution in [0.3, 0.4) is 0 Å². The van der Waals surface area contributed by atoms with Crippen molar-refractivity contribution in [3.63, 3.8) is 0 Å². The topological polar surface area (TPSA) is 65.6 Å². The van der Waals surface area contributed by atoms with Crippen LogP contribution < -0.4 is 20.7 Å². The fourth-order valence-electron chi connectivity index (χ4n) is 4.60. The van der Waals surface area contributed by atoms with Crippen LogP contribution in [0.1, 0.15) is 49.5 Å². The Kier molecular flexibility index (Phi) is 7.37. The number of carbonyl (C=O) groups excluding carboxylic acids is 1. The van der Waals surface area contributed by atoms with Crippen LogP contribution in [0.15, 0.2) is 48.5 Å². The number of hydrogen-bond acceptors (Lipinski definition) is 5. The molecule has 0 unspecified atom stereocenters. The standard InChI is InChI=1S/C27H38N4O2/c1-26(2,3)19-29-25(32)22-6-10-24(11-7-22)33-23-8-4-21(5-9-23)18-31-17-16-30-27(20-31)12-14-28-15-13-27/h4-11,28,30H,12-20H2,1-3H3,(H,29,32). The highest BCUT2D eigenvalue weighted by Crippen LogP contribution is 2.25. The number of ether oxygens (including phenoxy) is 1. The Balaban J connectivity index is 1.29. The summed E-state index contributed by atoms with van der Waals surface area (Å²) in [5.74, 6) is 1.48. The van der Waals surface area contributed by atoms with E-state index in [1.54, 1.807) is 0 Å². The minimum absolute atomic E-state index is 0.0555. The second kappa shape index (κ2) is 10.2. The lowest BCUT2D eigenvalue weighted by molar-refractivity contribution is 0.0939. The van der Waals surface area contributed by atoms with Gasteiger partial charge >= 0.3 is 0 Å². The molecule has 0 aliphatic carbocycles. The van der Waals surface area contributed by atoms with Crippen LogP contribution >= 0.6 is 0 Å². The van der Waals surface area contributed by atoms with Crippen LogP contribution in [0.4, 0.5) is 0 Å². The Morgan fingerprint density at radius 1 is 1.00 bits per heavy atom. The third kappa shape index (κ3) is 6.79. The number of carbonyl (C=O) groups is 1. The normalized spacial score (nSPS) is 18.8. The number of amides is 1. The molecule has 0 aromatic heterocycles. The minimum Gasteiger partial charge on any atom is -0.457 e. The summed E-state index contributed by atoms with van der Waals surface area (Å²) < 4.78 is 6.00. The van der Waals surface area contributed by atoms with E-state index in [1.807, 2.05) is 36.4 Å². The summed E-state index contributed by atoms with van der Waals surface area (Å²) in [5.41, 5.74) is 2.29. The van der Waals surface area contributed by atoms with Crippen LogP contribution in [0, 0.1) is 5.41 Å². The highest BCUT2D eigenvalue weighted by molar-refractivity contribution is 5.94. The van der Waals surface area contributed by atoms with Gasteiger partial charge in [0.1, 0.15) is 11.5 Å². The molecule has 1 amide bonds. The third-order valence-corrected chi connectivity index (χ3v) is 6.48. The Morgan fingerprint density at radius 2 is 1.64 bits per heavy atom. The number of benzene rings is 2. The Bertz CT molecular complexity index is 907. The zero-order valence-electron chi connectivity index (χ0n) is 20.2. The van der Waals surface area contributed by atoms with E-state index in [0.717, 1.165) is 50.8 Å². The fraction of sp³-hybridized carbons (Fsp3) is 0.519. The van der Waals surface area contributed by atoms with Crippen molar-refractivity contribution < 1.29 is 9.53 Å². The SMILES string of the molecule is CC(C)(C)CNC(=O)c1ccc(Oc2ccc(CN3CCNC4(CCNCC4)C3)cc2)cc1. The first-order valence-electron chi connectivity index (χ1n) is 12.1. The van der Waals surface area contributed by atoms with Gasteiger partial charge in [-0.05, 0) is 73.3 Å². The Hall–Kier alpha value is -2.41. The lowest BCUT2D eigenvalue weighted by atomic mass is 9.86. The van der Waals surface area contributed by atoms with E-state index in [4.69, 9.17) is 4.74 Å². The Morgan fingerprint density at radius 3 is 2.27 bits per heavy atom. The maximum Gasteiger partial charge on any atom is 0.251 e. The molecule has 2 aliphatic rings. The monoisotopic (exact) mass is 450 g/mol. The molecule has 33 heavy (non-hydrogen) atoms. The highest BCUT2D eigenvalue weighted by atomic mass is 16.5. The Labute approximate surface area is 198 Å². The van der Waals surface area contributed by atoms with Gasteiger partial charge in [0.15, 0.2) is 0 Å². The summed E-state index contributed by atoms with van der Waals surface area (Å²) in [5, 5.41) is 10.2. The summed E-state index contributed by atoms with van der Waals surface area (Å²) in [4.78, 5) is 14.9. The maximum absolute atomic E-state index is 12.3. The van der Waals surface area contributed by atoms with Gasteiger partial charge in [-0.2, -0.15) is 0 Å². The van der Waals surface area contributed by atoms with E-state index in [-0.39, 0.29) is 16.9 Å². The highest BCUT2D eigenvalue weighted by Gasteiger charge is 2.35. The number of nitrogens with one attached hydrogen (secondary N) is 3. The molecule has 0 atom stereocenters. The molecule has 2 aliphatic heterocycles. The van der Waals surface area contributed by atoms with Crippen molar-refractivity contribution in [1.82, 2.24) is 20.9 Å². The molecule has 0 saturated carbocycles. The van der Waals surface area contributed by atoms with Crippen LogP contribution in [-0.2, 0) is 6.54 Å². The van der Waals surface area contributed by atoms with Gasteiger partial charge in [0.25, 0.3) is 5.91 Å². The van der Waals surface area contributed by atoms with Crippen LogP contribution in [0.25, 0.3) is 0 Å². The van der Waals surface area contributed by atoms with E-state index in [0.29, 0.717) is 12.1 Å². The van der Waals surface area contributed by atoms with Crippen molar-refractivity contribution in [2.24, 2.45) is 5.41 Å². The van der Waals surface area contributed by atoms with Crippen LogP contribution in [0.5, 0.6) is 11.5 Å². The van der Waals surface area contributed by atoms with Crippen LogP contribution in [0.2, 0.25) is 0 Å². The maximum atomic E-state index is 12.3. The molecule has 4 rings (SSSR count).